The fourth-order valence-electron chi connectivity index (χ4n) is 1.83. The summed E-state index contributed by atoms with van der Waals surface area (Å²) in [5, 5.41) is 7.89. The van der Waals surface area contributed by atoms with Crippen molar-refractivity contribution in [3.05, 3.63) is 28.8 Å². The first-order valence-corrected chi connectivity index (χ1v) is 7.94. The van der Waals surface area contributed by atoms with Gasteiger partial charge in [0.05, 0.1) is 4.90 Å². The minimum absolute atomic E-state index is 0. The number of amides is 1. The molecule has 1 aromatic carbocycles. The molecule has 1 rings (SSSR count). The van der Waals surface area contributed by atoms with E-state index in [1.807, 2.05) is 0 Å². The summed E-state index contributed by atoms with van der Waals surface area (Å²) in [6, 6.07) is 2.97. The van der Waals surface area contributed by atoms with Crippen molar-refractivity contribution in [2.45, 2.75) is 31.6 Å². The minimum atomic E-state index is -3.84. The third-order valence-electron chi connectivity index (χ3n) is 3.10. The van der Waals surface area contributed by atoms with Gasteiger partial charge in [-0.3, -0.25) is 4.79 Å². The Morgan fingerprint density at radius 2 is 1.86 bits per heavy atom. The summed E-state index contributed by atoms with van der Waals surface area (Å²) in [7, 11) is -3.84. The summed E-state index contributed by atoms with van der Waals surface area (Å²) in [5.74, 6) is -0.310. The van der Waals surface area contributed by atoms with E-state index in [1.165, 1.54) is 6.07 Å². The number of rotatable bonds is 6. The Bertz CT molecular complexity index is 603. The number of carbonyl (C=O) groups excluding carboxylic acids is 1. The molecule has 0 atom stereocenters. The van der Waals surface area contributed by atoms with Crippen molar-refractivity contribution < 1.29 is 13.2 Å². The van der Waals surface area contributed by atoms with Crippen LogP contribution in [-0.2, 0) is 10.0 Å². The molecule has 1 amide bonds. The fraction of sp³-hybridized carbons (Fsp3) is 0.462. The van der Waals surface area contributed by atoms with E-state index in [1.54, 1.807) is 19.9 Å². The molecule has 0 aliphatic rings. The molecule has 0 spiro atoms. The van der Waals surface area contributed by atoms with Crippen LogP contribution in [0.1, 0.15) is 34.3 Å². The lowest BCUT2D eigenvalue weighted by atomic mass is 10.1. The first-order chi connectivity index (χ1) is 9.27. The van der Waals surface area contributed by atoms with E-state index in [2.05, 4.69) is 5.32 Å². The zero-order valence-electron chi connectivity index (χ0n) is 12.2. The molecular weight excluding hydrogens is 314 g/mol. The monoisotopic (exact) mass is 335 g/mol. The predicted octanol–water partition coefficient (Wildman–Crippen LogP) is 0.841. The van der Waals surface area contributed by atoms with Crippen molar-refractivity contribution in [3.63, 3.8) is 0 Å². The van der Waals surface area contributed by atoms with Crippen LogP contribution >= 0.6 is 12.4 Å². The molecule has 0 unspecified atom stereocenters. The van der Waals surface area contributed by atoms with Gasteiger partial charge in [0, 0.05) is 12.1 Å². The summed E-state index contributed by atoms with van der Waals surface area (Å²) in [6.45, 7) is 4.50. The number of primary sulfonamides is 1. The normalized spacial score (nSPS) is 10.9. The Morgan fingerprint density at radius 1 is 1.24 bits per heavy atom. The third-order valence-corrected chi connectivity index (χ3v) is 4.14. The van der Waals surface area contributed by atoms with Gasteiger partial charge in [0.2, 0.25) is 10.0 Å². The number of hydrogen-bond donors (Lipinski definition) is 3. The smallest absolute Gasteiger partial charge is 0.251 e. The molecule has 21 heavy (non-hydrogen) atoms. The number of halogens is 1. The van der Waals surface area contributed by atoms with Gasteiger partial charge in [-0.15, -0.1) is 12.4 Å². The lowest BCUT2D eigenvalue weighted by Crippen LogP contribution is -2.25. The van der Waals surface area contributed by atoms with Gasteiger partial charge in [0.25, 0.3) is 5.91 Å². The highest BCUT2D eigenvalue weighted by atomic mass is 35.5. The number of unbranched alkanes of at least 4 members (excludes halogenated alkanes) is 1. The summed E-state index contributed by atoms with van der Waals surface area (Å²) in [5.41, 5.74) is 6.94. The van der Waals surface area contributed by atoms with Gasteiger partial charge in [-0.25, -0.2) is 13.6 Å². The predicted molar refractivity (Wildman–Crippen MR) is 85.2 cm³/mol. The van der Waals surface area contributed by atoms with Gasteiger partial charge < -0.3 is 11.1 Å². The summed E-state index contributed by atoms with van der Waals surface area (Å²) < 4.78 is 23.0. The molecule has 0 saturated heterocycles. The minimum Gasteiger partial charge on any atom is -0.352 e. The number of hydrogen-bond acceptors (Lipinski definition) is 4. The van der Waals surface area contributed by atoms with Crippen LogP contribution in [0.5, 0.6) is 0 Å². The second-order valence-electron chi connectivity index (χ2n) is 4.71. The largest absolute Gasteiger partial charge is 0.352 e. The summed E-state index contributed by atoms with van der Waals surface area (Å²) >= 11 is 0. The van der Waals surface area contributed by atoms with Crippen LogP contribution in [0.3, 0.4) is 0 Å². The van der Waals surface area contributed by atoms with Crippen LogP contribution in [0.4, 0.5) is 0 Å². The van der Waals surface area contributed by atoms with Gasteiger partial charge >= 0.3 is 0 Å². The zero-order valence-corrected chi connectivity index (χ0v) is 13.8. The van der Waals surface area contributed by atoms with E-state index in [0.29, 0.717) is 29.8 Å². The Morgan fingerprint density at radius 3 is 2.38 bits per heavy atom. The van der Waals surface area contributed by atoms with Gasteiger partial charge in [-0.2, -0.15) is 0 Å². The maximum absolute atomic E-state index is 12.0. The first kappa shape index (κ1) is 19.9. The fourth-order valence-corrected chi connectivity index (χ4v) is 2.71. The van der Waals surface area contributed by atoms with Crippen LogP contribution in [0.2, 0.25) is 0 Å². The molecule has 0 aliphatic heterocycles. The van der Waals surface area contributed by atoms with Crippen molar-refractivity contribution >= 4 is 28.3 Å². The molecule has 0 bridgehead atoms. The molecule has 8 heteroatoms. The standard InChI is InChI=1S/C13H21N3O3S.ClH/c1-9-7-11(13(17)16-6-4-3-5-14)8-12(10(9)2)20(15,18)19;/h7-8H,3-6,14H2,1-2H3,(H,16,17)(H2,15,18,19);1H. The quantitative estimate of drug-likeness (QED) is 0.668. The van der Waals surface area contributed by atoms with Gasteiger partial charge in [0.1, 0.15) is 0 Å². The van der Waals surface area contributed by atoms with E-state index in [4.69, 9.17) is 10.9 Å². The Labute approximate surface area is 131 Å². The molecule has 0 saturated carbocycles. The van der Waals surface area contributed by atoms with Crippen LogP contribution in [0.15, 0.2) is 17.0 Å². The maximum atomic E-state index is 12.0. The van der Waals surface area contributed by atoms with E-state index in [9.17, 15) is 13.2 Å². The highest BCUT2D eigenvalue weighted by Crippen LogP contribution is 2.20. The lowest BCUT2D eigenvalue weighted by molar-refractivity contribution is 0.0952. The molecule has 0 radical (unpaired) electrons. The topological polar surface area (TPSA) is 115 Å². The average Bonchev–Trinajstić information content (AvgIpc) is 2.36. The molecular formula is C13H22ClN3O3S. The van der Waals surface area contributed by atoms with Crippen molar-refractivity contribution in [2.75, 3.05) is 13.1 Å². The van der Waals surface area contributed by atoms with Crippen molar-refractivity contribution in [3.8, 4) is 0 Å². The molecule has 1 aromatic rings. The van der Waals surface area contributed by atoms with E-state index < -0.39 is 10.0 Å². The second-order valence-corrected chi connectivity index (χ2v) is 6.24. The van der Waals surface area contributed by atoms with Crippen molar-refractivity contribution in [1.82, 2.24) is 5.32 Å². The van der Waals surface area contributed by atoms with Crippen LogP contribution < -0.4 is 16.2 Å². The van der Waals surface area contributed by atoms with E-state index in [-0.39, 0.29) is 23.2 Å². The molecule has 0 heterocycles. The second kappa shape index (κ2) is 8.33. The van der Waals surface area contributed by atoms with Crippen LogP contribution in [-0.4, -0.2) is 27.4 Å². The number of nitrogens with one attached hydrogen (secondary N) is 1. The maximum Gasteiger partial charge on any atom is 0.251 e. The van der Waals surface area contributed by atoms with E-state index in [0.717, 1.165) is 12.8 Å². The molecule has 0 aromatic heterocycles. The Kier molecular flexibility index (Phi) is 7.87. The Hall–Kier alpha value is -1.15. The number of carbonyl (C=O) groups is 1. The van der Waals surface area contributed by atoms with Gasteiger partial charge in [0.15, 0.2) is 0 Å². The number of aryl methyl sites for hydroxylation is 1. The average molecular weight is 336 g/mol. The highest BCUT2D eigenvalue weighted by molar-refractivity contribution is 7.89. The zero-order chi connectivity index (χ0) is 15.3. The molecule has 5 N–H and O–H groups in total. The van der Waals surface area contributed by atoms with E-state index >= 15 is 0 Å². The van der Waals surface area contributed by atoms with Gasteiger partial charge in [-0.1, -0.05) is 0 Å². The van der Waals surface area contributed by atoms with Crippen molar-refractivity contribution in [1.29, 1.82) is 0 Å². The molecule has 120 valence electrons. The number of nitrogens with two attached hydrogens (primary N) is 2. The molecule has 0 fully saturated rings. The SMILES string of the molecule is Cc1cc(C(=O)NCCCCN)cc(S(N)(=O)=O)c1C.Cl. The number of benzene rings is 1. The van der Waals surface area contributed by atoms with Crippen molar-refractivity contribution in [2.24, 2.45) is 10.9 Å². The van der Waals surface area contributed by atoms with Gasteiger partial charge in [-0.05, 0) is 56.5 Å². The summed E-state index contributed by atoms with van der Waals surface area (Å²) in [4.78, 5) is 12.0. The lowest BCUT2D eigenvalue weighted by Gasteiger charge is -2.11. The number of sulfonamides is 1. The third kappa shape index (κ3) is 5.62. The van der Waals surface area contributed by atoms with Crippen LogP contribution in [0, 0.1) is 13.8 Å². The van der Waals surface area contributed by atoms with Crippen LogP contribution in [0.25, 0.3) is 0 Å². The summed E-state index contributed by atoms with van der Waals surface area (Å²) in [6.07, 6.45) is 1.62. The Balaban J connectivity index is 0.00000400. The highest BCUT2D eigenvalue weighted by Gasteiger charge is 2.17. The first-order valence-electron chi connectivity index (χ1n) is 6.39. The molecule has 6 nitrogen and oxygen atoms in total. The molecule has 0 aliphatic carbocycles.